The molecule has 2 aliphatic heterocycles. The van der Waals surface area contributed by atoms with Gasteiger partial charge in [-0.1, -0.05) is 26.7 Å². The minimum Gasteiger partial charge on any atom is -0.343 e. The molecule has 0 aromatic carbocycles. The summed E-state index contributed by atoms with van der Waals surface area (Å²) in [7, 11) is 0. The van der Waals surface area contributed by atoms with Crippen molar-refractivity contribution in [2.24, 2.45) is 5.92 Å². The molecule has 2 saturated heterocycles. The van der Waals surface area contributed by atoms with Crippen molar-refractivity contribution in [2.75, 3.05) is 13.1 Å². The van der Waals surface area contributed by atoms with Crippen LogP contribution in [0.15, 0.2) is 0 Å². The van der Waals surface area contributed by atoms with Gasteiger partial charge in [0.05, 0.1) is 0 Å². The maximum Gasteiger partial charge on any atom is 0.222 e. The Hall–Kier alpha value is -0.570. The molecule has 20 heavy (non-hydrogen) atoms. The van der Waals surface area contributed by atoms with Crippen LogP contribution in [0.4, 0.5) is 0 Å². The van der Waals surface area contributed by atoms with E-state index in [0.29, 0.717) is 23.9 Å². The third-order valence-corrected chi connectivity index (χ3v) is 4.95. The van der Waals surface area contributed by atoms with Crippen molar-refractivity contribution < 1.29 is 4.79 Å². The van der Waals surface area contributed by atoms with Gasteiger partial charge in [-0.2, -0.15) is 0 Å². The molecule has 2 unspecified atom stereocenters. The van der Waals surface area contributed by atoms with E-state index in [1.54, 1.807) is 0 Å². The molecule has 2 bridgehead atoms. The van der Waals surface area contributed by atoms with Gasteiger partial charge in [0.15, 0.2) is 0 Å². The number of nitrogens with one attached hydrogen (secondary N) is 1. The Morgan fingerprint density at radius 1 is 1.05 bits per heavy atom. The highest BCUT2D eigenvalue weighted by atomic mass is 16.2. The van der Waals surface area contributed by atoms with Crippen LogP contribution < -0.4 is 5.32 Å². The number of rotatable bonds is 8. The minimum absolute atomic E-state index is 0.415. The monoisotopic (exact) mass is 280 g/mol. The summed E-state index contributed by atoms with van der Waals surface area (Å²) in [6.45, 7) is 6.33. The molecular formula is C17H32N2O. The summed E-state index contributed by atoms with van der Waals surface area (Å²) in [6, 6.07) is 1.40. The Labute approximate surface area is 124 Å². The van der Waals surface area contributed by atoms with Crippen LogP contribution >= 0.6 is 0 Å². The molecule has 3 heteroatoms. The Balaban J connectivity index is 1.80. The number of hydrogen-bond donors (Lipinski definition) is 1. The topological polar surface area (TPSA) is 32.3 Å². The van der Waals surface area contributed by atoms with Gasteiger partial charge < -0.3 is 10.2 Å². The Kier molecular flexibility index (Phi) is 6.34. The molecule has 2 atom stereocenters. The molecule has 0 radical (unpaired) electrons. The highest BCUT2D eigenvalue weighted by molar-refractivity contribution is 5.76. The molecule has 0 spiro atoms. The van der Waals surface area contributed by atoms with Crippen LogP contribution in [-0.2, 0) is 4.79 Å². The fraction of sp³-hybridized carbons (Fsp3) is 0.941. The van der Waals surface area contributed by atoms with Crippen molar-refractivity contribution in [3.05, 3.63) is 0 Å². The van der Waals surface area contributed by atoms with E-state index in [4.69, 9.17) is 0 Å². The predicted molar refractivity (Wildman–Crippen MR) is 83.7 cm³/mol. The summed E-state index contributed by atoms with van der Waals surface area (Å²) >= 11 is 0. The predicted octanol–water partition coefficient (Wildman–Crippen LogP) is 3.34. The third-order valence-electron chi connectivity index (χ3n) is 4.95. The van der Waals surface area contributed by atoms with E-state index in [9.17, 15) is 4.79 Å². The number of fused-ring (bicyclic) bond motifs is 2. The van der Waals surface area contributed by atoms with E-state index in [0.717, 1.165) is 32.4 Å². The standard InChI is InChI=1S/C17H32N2O/c1-3-5-9-19(10-6-4-2)17(20)13-14-11-15-7-8-16(12-14)18-15/h14-16,18H,3-13H2,1-2H3. The van der Waals surface area contributed by atoms with Crippen LogP contribution in [0.3, 0.4) is 0 Å². The second kappa shape index (κ2) is 8.02. The van der Waals surface area contributed by atoms with Gasteiger partial charge in [-0.15, -0.1) is 0 Å². The normalized spacial score (nSPS) is 28.6. The zero-order valence-corrected chi connectivity index (χ0v) is 13.4. The maximum atomic E-state index is 12.6. The molecule has 116 valence electrons. The number of carbonyl (C=O) groups excluding carboxylic acids is 1. The first-order valence-electron chi connectivity index (χ1n) is 8.76. The van der Waals surface area contributed by atoms with E-state index < -0.39 is 0 Å². The van der Waals surface area contributed by atoms with Gasteiger partial charge in [-0.25, -0.2) is 0 Å². The van der Waals surface area contributed by atoms with E-state index >= 15 is 0 Å². The quantitative estimate of drug-likeness (QED) is 0.739. The van der Waals surface area contributed by atoms with Crippen LogP contribution in [0.2, 0.25) is 0 Å². The van der Waals surface area contributed by atoms with Gasteiger partial charge in [-0.05, 0) is 44.4 Å². The molecule has 1 amide bonds. The molecule has 1 N–H and O–H groups in total. The van der Waals surface area contributed by atoms with Gasteiger partial charge in [0.1, 0.15) is 0 Å². The van der Waals surface area contributed by atoms with Crippen LogP contribution in [0.1, 0.15) is 71.6 Å². The summed E-state index contributed by atoms with van der Waals surface area (Å²) in [6.07, 6.45) is 10.5. The minimum atomic E-state index is 0.415. The van der Waals surface area contributed by atoms with Gasteiger partial charge in [0.2, 0.25) is 5.91 Å². The fourth-order valence-corrected chi connectivity index (χ4v) is 3.78. The van der Waals surface area contributed by atoms with Crippen molar-refractivity contribution in [3.8, 4) is 0 Å². The van der Waals surface area contributed by atoms with Crippen LogP contribution in [0, 0.1) is 5.92 Å². The lowest BCUT2D eigenvalue weighted by Crippen LogP contribution is -2.41. The number of nitrogens with zero attached hydrogens (tertiary/aromatic N) is 1. The first-order chi connectivity index (χ1) is 9.72. The molecule has 0 aliphatic carbocycles. The Bertz CT molecular complexity index is 285. The lowest BCUT2D eigenvalue weighted by atomic mass is 9.89. The van der Waals surface area contributed by atoms with E-state index in [1.165, 1.54) is 38.5 Å². The number of piperidine rings is 1. The SMILES string of the molecule is CCCCN(CCCC)C(=O)CC1CC2CCC(C1)N2. The molecule has 2 heterocycles. The third kappa shape index (κ3) is 4.47. The average molecular weight is 280 g/mol. The average Bonchev–Trinajstić information content (AvgIpc) is 2.78. The summed E-state index contributed by atoms with van der Waals surface area (Å²) in [5.74, 6) is 1.05. The first kappa shape index (κ1) is 15.8. The first-order valence-corrected chi connectivity index (χ1v) is 8.76. The summed E-state index contributed by atoms with van der Waals surface area (Å²) in [4.78, 5) is 14.7. The molecule has 0 saturated carbocycles. The smallest absolute Gasteiger partial charge is 0.222 e. The Morgan fingerprint density at radius 3 is 2.10 bits per heavy atom. The van der Waals surface area contributed by atoms with Crippen LogP contribution in [0.5, 0.6) is 0 Å². The lowest BCUT2D eigenvalue weighted by molar-refractivity contribution is -0.132. The fourth-order valence-electron chi connectivity index (χ4n) is 3.78. The Morgan fingerprint density at radius 2 is 1.60 bits per heavy atom. The largest absolute Gasteiger partial charge is 0.343 e. The van der Waals surface area contributed by atoms with Gasteiger partial charge in [0, 0.05) is 31.6 Å². The number of hydrogen-bond acceptors (Lipinski definition) is 2. The van der Waals surface area contributed by atoms with Crippen molar-refractivity contribution in [3.63, 3.8) is 0 Å². The highest BCUT2D eigenvalue weighted by Crippen LogP contribution is 2.33. The summed E-state index contributed by atoms with van der Waals surface area (Å²) in [5.41, 5.74) is 0. The van der Waals surface area contributed by atoms with Crippen LogP contribution in [-0.4, -0.2) is 36.0 Å². The van der Waals surface area contributed by atoms with Crippen molar-refractivity contribution in [1.82, 2.24) is 10.2 Å². The molecule has 2 rings (SSSR count). The van der Waals surface area contributed by atoms with E-state index in [2.05, 4.69) is 24.1 Å². The maximum absolute atomic E-state index is 12.6. The zero-order valence-electron chi connectivity index (χ0n) is 13.4. The number of carbonyl (C=O) groups is 1. The molecule has 0 aromatic heterocycles. The molecule has 0 aromatic rings. The van der Waals surface area contributed by atoms with Gasteiger partial charge in [0.25, 0.3) is 0 Å². The molecular weight excluding hydrogens is 248 g/mol. The number of amides is 1. The van der Waals surface area contributed by atoms with E-state index in [1.807, 2.05) is 0 Å². The summed E-state index contributed by atoms with van der Waals surface area (Å²) < 4.78 is 0. The van der Waals surface area contributed by atoms with Crippen molar-refractivity contribution in [2.45, 2.75) is 83.7 Å². The van der Waals surface area contributed by atoms with Crippen LogP contribution in [0.25, 0.3) is 0 Å². The molecule has 3 nitrogen and oxygen atoms in total. The lowest BCUT2D eigenvalue weighted by Gasteiger charge is -2.31. The van der Waals surface area contributed by atoms with Gasteiger partial charge in [-0.3, -0.25) is 4.79 Å². The molecule has 2 fully saturated rings. The molecule has 2 aliphatic rings. The van der Waals surface area contributed by atoms with Gasteiger partial charge >= 0.3 is 0 Å². The zero-order chi connectivity index (χ0) is 14.4. The second-order valence-corrected chi connectivity index (χ2v) is 6.77. The highest BCUT2D eigenvalue weighted by Gasteiger charge is 2.34. The number of unbranched alkanes of at least 4 members (excludes halogenated alkanes) is 2. The van der Waals surface area contributed by atoms with E-state index in [-0.39, 0.29) is 0 Å². The van der Waals surface area contributed by atoms with Crippen molar-refractivity contribution in [1.29, 1.82) is 0 Å². The summed E-state index contributed by atoms with van der Waals surface area (Å²) in [5, 5.41) is 3.67. The van der Waals surface area contributed by atoms with Crippen molar-refractivity contribution >= 4 is 5.91 Å². The second-order valence-electron chi connectivity index (χ2n) is 6.77.